The molecule has 7 heteroatoms. The molecule has 0 aromatic heterocycles. The van der Waals surface area contributed by atoms with Gasteiger partial charge in [-0.2, -0.15) is 0 Å². The summed E-state index contributed by atoms with van der Waals surface area (Å²) in [6, 6.07) is 4.48. The summed E-state index contributed by atoms with van der Waals surface area (Å²) in [4.78, 5) is 11.7. The van der Waals surface area contributed by atoms with Crippen molar-refractivity contribution < 1.29 is 13.9 Å². The third-order valence-electron chi connectivity index (χ3n) is 2.62. The largest absolute Gasteiger partial charge is 0.375 e. The molecule has 2 N–H and O–H groups in total. The minimum atomic E-state index is -0.400. The van der Waals surface area contributed by atoms with E-state index in [2.05, 4.69) is 26.6 Å². The average Bonchev–Trinajstić information content (AvgIpc) is 2.35. The van der Waals surface area contributed by atoms with Crippen LogP contribution in [0.1, 0.15) is 6.42 Å². The Morgan fingerprint density at radius 3 is 3.00 bits per heavy atom. The second-order valence-corrected chi connectivity index (χ2v) is 4.93. The third kappa shape index (κ3) is 5.06. The minimum absolute atomic E-state index is 0. The van der Waals surface area contributed by atoms with Crippen LogP contribution in [-0.4, -0.2) is 31.7 Å². The van der Waals surface area contributed by atoms with Crippen LogP contribution in [0.15, 0.2) is 22.7 Å². The Bertz CT molecular complexity index is 442. The fourth-order valence-electron chi connectivity index (χ4n) is 1.74. The Hall–Kier alpha value is -0.690. The summed E-state index contributed by atoms with van der Waals surface area (Å²) in [7, 11) is 0. The number of hydrogen-bond acceptors (Lipinski definition) is 3. The van der Waals surface area contributed by atoms with Gasteiger partial charge in [0, 0.05) is 18.8 Å². The van der Waals surface area contributed by atoms with Gasteiger partial charge < -0.3 is 15.4 Å². The fraction of sp³-hybridized carbons (Fsp3) is 0.417. The normalized spacial score (nSPS) is 18.5. The number of morpholine rings is 1. The summed E-state index contributed by atoms with van der Waals surface area (Å²) >= 11 is 3.06. The Morgan fingerprint density at radius 2 is 2.37 bits per heavy atom. The van der Waals surface area contributed by atoms with Crippen molar-refractivity contribution in [2.45, 2.75) is 12.5 Å². The van der Waals surface area contributed by atoms with E-state index in [1.807, 2.05) is 0 Å². The van der Waals surface area contributed by atoms with E-state index in [-0.39, 0.29) is 30.8 Å². The number of halogens is 3. The summed E-state index contributed by atoms with van der Waals surface area (Å²) in [6.07, 6.45) is 0.157. The molecular formula is C12H15BrClFN2O2. The van der Waals surface area contributed by atoms with E-state index < -0.39 is 5.82 Å². The van der Waals surface area contributed by atoms with E-state index >= 15 is 0 Å². The van der Waals surface area contributed by atoms with Gasteiger partial charge in [-0.25, -0.2) is 4.39 Å². The maximum Gasteiger partial charge on any atom is 0.227 e. The van der Waals surface area contributed by atoms with Crippen molar-refractivity contribution >= 4 is 39.9 Å². The van der Waals surface area contributed by atoms with Crippen LogP contribution in [0.5, 0.6) is 0 Å². The molecule has 0 spiro atoms. The molecule has 1 amide bonds. The summed E-state index contributed by atoms with van der Waals surface area (Å²) in [5.74, 6) is -0.575. The highest BCUT2D eigenvalue weighted by molar-refractivity contribution is 9.10. The molecule has 1 aliphatic rings. The van der Waals surface area contributed by atoms with Gasteiger partial charge >= 0.3 is 0 Å². The first-order valence-corrected chi connectivity index (χ1v) is 6.51. The van der Waals surface area contributed by atoms with E-state index in [0.29, 0.717) is 23.3 Å². The van der Waals surface area contributed by atoms with Crippen LogP contribution in [0, 0.1) is 5.82 Å². The number of anilines is 1. The van der Waals surface area contributed by atoms with Crippen LogP contribution < -0.4 is 10.6 Å². The van der Waals surface area contributed by atoms with Crippen LogP contribution in [0.2, 0.25) is 0 Å². The molecule has 106 valence electrons. The van der Waals surface area contributed by atoms with E-state index in [9.17, 15) is 9.18 Å². The molecular weight excluding hydrogens is 338 g/mol. The second kappa shape index (κ2) is 7.79. The van der Waals surface area contributed by atoms with Gasteiger partial charge in [-0.3, -0.25) is 4.79 Å². The van der Waals surface area contributed by atoms with Crippen molar-refractivity contribution in [1.29, 1.82) is 0 Å². The molecule has 1 aliphatic heterocycles. The minimum Gasteiger partial charge on any atom is -0.375 e. The van der Waals surface area contributed by atoms with Crippen LogP contribution >= 0.6 is 28.3 Å². The Labute approximate surface area is 125 Å². The van der Waals surface area contributed by atoms with Gasteiger partial charge in [-0.05, 0) is 34.1 Å². The molecule has 1 heterocycles. The van der Waals surface area contributed by atoms with Gasteiger partial charge in [0.25, 0.3) is 0 Å². The fourth-order valence-corrected chi connectivity index (χ4v) is 1.99. The molecule has 0 saturated carbocycles. The molecule has 1 aromatic carbocycles. The van der Waals surface area contributed by atoms with Crippen molar-refractivity contribution in [3.8, 4) is 0 Å². The SMILES string of the molecule is Cl.O=C(CC1CNCCO1)Nc1ccc(Br)c(F)c1. The highest BCUT2D eigenvalue weighted by Crippen LogP contribution is 2.19. The molecule has 0 bridgehead atoms. The molecule has 1 atom stereocenters. The number of rotatable bonds is 3. The number of hydrogen-bond donors (Lipinski definition) is 2. The highest BCUT2D eigenvalue weighted by Gasteiger charge is 2.17. The van der Waals surface area contributed by atoms with Gasteiger partial charge in [0.15, 0.2) is 0 Å². The first kappa shape index (κ1) is 16.4. The standard InChI is InChI=1S/C12H14BrFN2O2.ClH/c13-10-2-1-8(5-11(10)14)16-12(17)6-9-7-15-3-4-18-9;/h1-2,5,9,15H,3-4,6-7H2,(H,16,17);1H. The van der Waals surface area contributed by atoms with E-state index in [0.717, 1.165) is 6.54 Å². The Kier molecular flexibility index (Phi) is 6.71. The van der Waals surface area contributed by atoms with Gasteiger partial charge in [0.05, 0.1) is 23.6 Å². The smallest absolute Gasteiger partial charge is 0.227 e. The number of amides is 1. The lowest BCUT2D eigenvalue weighted by Crippen LogP contribution is -2.40. The Balaban J connectivity index is 0.00000180. The van der Waals surface area contributed by atoms with Crippen LogP contribution in [-0.2, 0) is 9.53 Å². The first-order chi connectivity index (χ1) is 8.65. The van der Waals surface area contributed by atoms with Crippen molar-refractivity contribution in [3.05, 3.63) is 28.5 Å². The lowest BCUT2D eigenvalue weighted by molar-refractivity contribution is -0.119. The molecule has 4 nitrogen and oxygen atoms in total. The van der Waals surface area contributed by atoms with E-state index in [4.69, 9.17) is 4.74 Å². The Morgan fingerprint density at radius 1 is 1.58 bits per heavy atom. The monoisotopic (exact) mass is 352 g/mol. The number of carbonyl (C=O) groups excluding carboxylic acids is 1. The molecule has 2 rings (SSSR count). The topological polar surface area (TPSA) is 50.4 Å². The van der Waals surface area contributed by atoms with Gasteiger partial charge in [0.2, 0.25) is 5.91 Å². The summed E-state index contributed by atoms with van der Waals surface area (Å²) in [5, 5.41) is 5.80. The number of carbonyl (C=O) groups is 1. The van der Waals surface area contributed by atoms with Crippen LogP contribution in [0.3, 0.4) is 0 Å². The molecule has 1 aromatic rings. The van der Waals surface area contributed by atoms with Gasteiger partial charge in [-0.15, -0.1) is 12.4 Å². The lowest BCUT2D eigenvalue weighted by atomic mass is 10.2. The predicted octanol–water partition coefficient (Wildman–Crippen LogP) is 2.33. The number of nitrogens with one attached hydrogen (secondary N) is 2. The van der Waals surface area contributed by atoms with Crippen molar-refractivity contribution in [1.82, 2.24) is 5.32 Å². The summed E-state index contributed by atoms with van der Waals surface area (Å²) in [6.45, 7) is 2.10. The lowest BCUT2D eigenvalue weighted by Gasteiger charge is -2.23. The van der Waals surface area contributed by atoms with Crippen LogP contribution in [0.4, 0.5) is 10.1 Å². The predicted molar refractivity (Wildman–Crippen MR) is 77.2 cm³/mol. The van der Waals surface area contributed by atoms with Crippen LogP contribution in [0.25, 0.3) is 0 Å². The molecule has 1 saturated heterocycles. The maximum absolute atomic E-state index is 13.3. The van der Waals surface area contributed by atoms with Gasteiger partial charge in [0.1, 0.15) is 5.82 Å². The molecule has 19 heavy (non-hydrogen) atoms. The van der Waals surface area contributed by atoms with E-state index in [1.54, 1.807) is 12.1 Å². The third-order valence-corrected chi connectivity index (χ3v) is 3.26. The summed E-state index contributed by atoms with van der Waals surface area (Å²) < 4.78 is 19.1. The van der Waals surface area contributed by atoms with E-state index in [1.165, 1.54) is 6.07 Å². The number of ether oxygens (including phenoxy) is 1. The first-order valence-electron chi connectivity index (χ1n) is 5.72. The quantitative estimate of drug-likeness (QED) is 0.877. The number of benzene rings is 1. The molecule has 1 unspecified atom stereocenters. The molecule has 0 aliphatic carbocycles. The second-order valence-electron chi connectivity index (χ2n) is 4.08. The highest BCUT2D eigenvalue weighted by atomic mass is 79.9. The molecule has 1 fully saturated rings. The average molecular weight is 354 g/mol. The van der Waals surface area contributed by atoms with Crippen molar-refractivity contribution in [2.75, 3.05) is 25.0 Å². The summed E-state index contributed by atoms with van der Waals surface area (Å²) in [5.41, 5.74) is 0.449. The zero-order valence-corrected chi connectivity index (χ0v) is 12.5. The zero-order valence-electron chi connectivity index (χ0n) is 10.1. The van der Waals surface area contributed by atoms with Crippen molar-refractivity contribution in [2.24, 2.45) is 0 Å². The zero-order chi connectivity index (χ0) is 13.0. The molecule has 0 radical (unpaired) electrons. The van der Waals surface area contributed by atoms with Gasteiger partial charge in [-0.1, -0.05) is 0 Å². The van der Waals surface area contributed by atoms with Crippen molar-refractivity contribution in [3.63, 3.8) is 0 Å². The maximum atomic E-state index is 13.3.